The molecule has 1 aromatic carbocycles. The highest BCUT2D eigenvalue weighted by Gasteiger charge is 2.19. The van der Waals surface area contributed by atoms with E-state index in [1.165, 1.54) is 0 Å². The second-order valence-electron chi connectivity index (χ2n) is 5.34. The van der Waals surface area contributed by atoms with Crippen molar-refractivity contribution >= 4 is 16.8 Å². The molecule has 21 heavy (non-hydrogen) atoms. The number of nitrogens with zero attached hydrogens (tertiary/aromatic N) is 2. The molecule has 0 aliphatic carbocycles. The van der Waals surface area contributed by atoms with E-state index in [0.717, 1.165) is 23.7 Å². The van der Waals surface area contributed by atoms with Crippen molar-refractivity contribution < 1.29 is 9.90 Å². The predicted octanol–water partition coefficient (Wildman–Crippen LogP) is 2.10. The minimum atomic E-state index is -0.515. The summed E-state index contributed by atoms with van der Waals surface area (Å²) in [5.41, 5.74) is 1.33. The molecule has 0 saturated heterocycles. The predicted molar refractivity (Wildman–Crippen MR) is 83.1 cm³/mol. The summed E-state index contributed by atoms with van der Waals surface area (Å²) in [6, 6.07) is 7.62. The van der Waals surface area contributed by atoms with Crippen molar-refractivity contribution in [1.29, 1.82) is 0 Å². The number of carbonyl (C=O) groups is 1. The van der Waals surface area contributed by atoms with Gasteiger partial charge >= 0.3 is 0 Å². The van der Waals surface area contributed by atoms with Crippen LogP contribution >= 0.6 is 0 Å². The molecular weight excluding hydrogens is 266 g/mol. The summed E-state index contributed by atoms with van der Waals surface area (Å²) in [7, 11) is 1.82. The van der Waals surface area contributed by atoms with Crippen molar-refractivity contribution in [2.75, 3.05) is 6.54 Å². The molecule has 1 atom stereocenters. The lowest BCUT2D eigenvalue weighted by Crippen LogP contribution is -2.36. The van der Waals surface area contributed by atoms with Gasteiger partial charge in [-0.25, -0.2) is 0 Å². The first-order valence-corrected chi connectivity index (χ1v) is 7.46. The minimum Gasteiger partial charge on any atom is -0.391 e. The zero-order chi connectivity index (χ0) is 15.4. The summed E-state index contributed by atoms with van der Waals surface area (Å²) in [6.07, 6.45) is 1.29. The molecule has 0 aliphatic heterocycles. The van der Waals surface area contributed by atoms with Crippen LogP contribution in [0, 0.1) is 5.92 Å². The van der Waals surface area contributed by atoms with E-state index in [1.807, 2.05) is 45.2 Å². The van der Waals surface area contributed by atoms with Crippen molar-refractivity contribution in [3.8, 4) is 0 Å². The van der Waals surface area contributed by atoms with Crippen LogP contribution in [0.15, 0.2) is 24.3 Å². The lowest BCUT2D eigenvalue weighted by atomic mass is 9.96. The van der Waals surface area contributed by atoms with Crippen molar-refractivity contribution in [1.82, 2.24) is 15.1 Å². The van der Waals surface area contributed by atoms with Gasteiger partial charge in [0.1, 0.15) is 0 Å². The monoisotopic (exact) mass is 289 g/mol. The van der Waals surface area contributed by atoms with E-state index in [9.17, 15) is 9.90 Å². The number of amides is 1. The second kappa shape index (κ2) is 6.72. The summed E-state index contributed by atoms with van der Waals surface area (Å²) in [5.74, 6) is -0.0254. The maximum absolute atomic E-state index is 12.3. The number of nitrogens with one attached hydrogen (secondary N) is 1. The number of hydrogen-bond acceptors (Lipinski definition) is 3. The summed E-state index contributed by atoms with van der Waals surface area (Å²) in [6.45, 7) is 4.35. The molecule has 1 unspecified atom stereocenters. The Labute approximate surface area is 125 Å². The molecule has 0 spiro atoms. The quantitative estimate of drug-likeness (QED) is 0.856. The fourth-order valence-electron chi connectivity index (χ4n) is 2.66. The normalized spacial score (nSPS) is 12.8. The van der Waals surface area contributed by atoms with Crippen LogP contribution in [0.3, 0.4) is 0 Å². The minimum absolute atomic E-state index is 0.214. The number of benzene rings is 1. The molecule has 2 rings (SSSR count). The zero-order valence-electron chi connectivity index (χ0n) is 12.8. The number of para-hydroxylation sites is 1. The third-order valence-electron chi connectivity index (χ3n) is 4.04. The highest BCUT2D eigenvalue weighted by molar-refractivity contribution is 6.04. The van der Waals surface area contributed by atoms with Crippen molar-refractivity contribution in [3.63, 3.8) is 0 Å². The number of hydrogen-bond donors (Lipinski definition) is 2. The van der Waals surface area contributed by atoms with Crippen LogP contribution in [0.25, 0.3) is 10.9 Å². The topological polar surface area (TPSA) is 67.2 Å². The fraction of sp³-hybridized carbons (Fsp3) is 0.500. The Morgan fingerprint density at radius 1 is 1.33 bits per heavy atom. The molecule has 0 fully saturated rings. The first-order valence-electron chi connectivity index (χ1n) is 7.46. The maximum atomic E-state index is 12.3. The van der Waals surface area contributed by atoms with Crippen LogP contribution < -0.4 is 5.32 Å². The van der Waals surface area contributed by atoms with Crippen molar-refractivity contribution in [2.45, 2.75) is 32.8 Å². The van der Waals surface area contributed by atoms with E-state index < -0.39 is 6.10 Å². The van der Waals surface area contributed by atoms with Crippen molar-refractivity contribution in [3.05, 3.63) is 30.0 Å². The largest absolute Gasteiger partial charge is 0.391 e. The highest BCUT2D eigenvalue weighted by Crippen LogP contribution is 2.17. The van der Waals surface area contributed by atoms with Gasteiger partial charge in [-0.1, -0.05) is 44.9 Å². The molecule has 114 valence electrons. The van der Waals surface area contributed by atoms with Crippen LogP contribution in [-0.4, -0.2) is 33.4 Å². The molecule has 0 saturated carbocycles. The third kappa shape index (κ3) is 3.24. The zero-order valence-corrected chi connectivity index (χ0v) is 12.8. The Bertz CT molecular complexity index is 617. The van der Waals surface area contributed by atoms with E-state index in [1.54, 1.807) is 4.68 Å². The van der Waals surface area contributed by atoms with E-state index in [2.05, 4.69) is 10.4 Å². The van der Waals surface area contributed by atoms with Gasteiger partial charge in [0.15, 0.2) is 5.69 Å². The average Bonchev–Trinajstić information content (AvgIpc) is 2.84. The first kappa shape index (κ1) is 15.5. The van der Waals surface area contributed by atoms with Gasteiger partial charge < -0.3 is 10.4 Å². The number of aliphatic hydroxyl groups excluding tert-OH is 1. The number of aromatic nitrogens is 2. The van der Waals surface area contributed by atoms with Crippen LogP contribution in [0.1, 0.15) is 37.2 Å². The molecule has 1 aromatic heterocycles. The van der Waals surface area contributed by atoms with Gasteiger partial charge in [0, 0.05) is 19.0 Å². The van der Waals surface area contributed by atoms with Crippen molar-refractivity contribution in [2.24, 2.45) is 13.0 Å². The number of fused-ring (bicyclic) bond motifs is 1. The van der Waals surface area contributed by atoms with Gasteiger partial charge in [-0.05, 0) is 12.0 Å². The van der Waals surface area contributed by atoms with Gasteiger partial charge in [-0.15, -0.1) is 0 Å². The molecule has 2 aromatic rings. The molecule has 0 bridgehead atoms. The Balaban J connectivity index is 2.09. The molecule has 2 N–H and O–H groups in total. The second-order valence-corrected chi connectivity index (χ2v) is 5.34. The van der Waals surface area contributed by atoms with E-state index >= 15 is 0 Å². The number of rotatable bonds is 6. The smallest absolute Gasteiger partial charge is 0.272 e. The van der Waals surface area contributed by atoms with Gasteiger partial charge in [0.05, 0.1) is 11.6 Å². The fourth-order valence-corrected chi connectivity index (χ4v) is 2.66. The van der Waals surface area contributed by atoms with Crippen LogP contribution in [0.2, 0.25) is 0 Å². The van der Waals surface area contributed by atoms with Gasteiger partial charge in [-0.2, -0.15) is 5.10 Å². The Kier molecular flexibility index (Phi) is 4.96. The molecule has 1 heterocycles. The summed E-state index contributed by atoms with van der Waals surface area (Å²) >= 11 is 0. The Morgan fingerprint density at radius 2 is 2.00 bits per heavy atom. The molecule has 0 radical (unpaired) electrons. The average molecular weight is 289 g/mol. The lowest BCUT2D eigenvalue weighted by molar-refractivity contribution is 0.0813. The van der Waals surface area contributed by atoms with E-state index in [-0.39, 0.29) is 18.4 Å². The van der Waals surface area contributed by atoms with Gasteiger partial charge in [-0.3, -0.25) is 9.48 Å². The lowest BCUT2D eigenvalue weighted by Gasteiger charge is -2.20. The van der Waals surface area contributed by atoms with Crippen LogP contribution in [0.5, 0.6) is 0 Å². The summed E-state index contributed by atoms with van der Waals surface area (Å²) in [5, 5.41) is 18.0. The molecule has 1 amide bonds. The highest BCUT2D eigenvalue weighted by atomic mass is 16.3. The Morgan fingerprint density at radius 3 is 2.67 bits per heavy atom. The molecule has 5 nitrogen and oxygen atoms in total. The number of aliphatic hydroxyl groups is 1. The standard InChI is InChI=1S/C16H23N3O2/c1-4-11(5-2)14(20)10-17-16(21)15-12-8-6-7-9-13(12)19(3)18-15/h6-9,11,14,20H,4-5,10H2,1-3H3,(H,17,21). The SMILES string of the molecule is CCC(CC)C(O)CNC(=O)c1nn(C)c2ccccc12. The van der Waals surface area contributed by atoms with Gasteiger partial charge in [0.25, 0.3) is 5.91 Å². The van der Waals surface area contributed by atoms with E-state index in [4.69, 9.17) is 0 Å². The number of aryl methyl sites for hydroxylation is 1. The Hall–Kier alpha value is -1.88. The first-order chi connectivity index (χ1) is 10.1. The number of carbonyl (C=O) groups excluding carboxylic acids is 1. The maximum Gasteiger partial charge on any atom is 0.272 e. The summed E-state index contributed by atoms with van der Waals surface area (Å²) < 4.78 is 1.70. The van der Waals surface area contributed by atoms with Crippen LogP contribution in [0.4, 0.5) is 0 Å². The third-order valence-corrected chi connectivity index (χ3v) is 4.04. The molecule has 5 heteroatoms. The molecule has 0 aliphatic rings. The van der Waals surface area contributed by atoms with E-state index in [0.29, 0.717) is 5.69 Å². The van der Waals surface area contributed by atoms with Gasteiger partial charge in [0.2, 0.25) is 0 Å². The summed E-state index contributed by atoms with van der Waals surface area (Å²) in [4.78, 5) is 12.3. The molecular formula is C16H23N3O2. The van der Waals surface area contributed by atoms with Crippen LogP contribution in [-0.2, 0) is 7.05 Å².